The minimum Gasteiger partial charge on any atom is -0.497 e. The first-order valence-electron chi connectivity index (χ1n) is 19.5. The average Bonchev–Trinajstić information content (AvgIpc) is 4.04. The molecule has 12 nitrogen and oxygen atoms in total. The number of sulfonamides is 1. The molecule has 3 aliphatic carbocycles. The Morgan fingerprint density at radius 1 is 1.09 bits per heavy atom. The largest absolute Gasteiger partial charge is 0.497 e. The topological polar surface area (TPSA) is 158 Å². The summed E-state index contributed by atoms with van der Waals surface area (Å²) in [4.78, 5) is 62.7. The lowest BCUT2D eigenvalue weighted by Gasteiger charge is -2.34. The van der Waals surface area contributed by atoms with Crippen LogP contribution in [0.2, 0.25) is 0 Å². The summed E-state index contributed by atoms with van der Waals surface area (Å²) in [6.07, 6.45) is 7.22. The molecule has 2 bridgehead atoms. The van der Waals surface area contributed by atoms with E-state index in [1.54, 1.807) is 13.2 Å². The smallest absolute Gasteiger partial charge is 0.306 e. The number of aromatic nitrogens is 1. The maximum absolute atomic E-state index is 14.7. The summed E-state index contributed by atoms with van der Waals surface area (Å²) in [6, 6.07) is 6.66. The molecule has 2 aromatic rings. The lowest BCUT2D eigenvalue weighted by molar-refractivity contribution is -0.154. The SMILES string of the molecule is C=C[C@@H]1C[C@]1(CC(=O)[C@@H]1C[C@@H]2CN1C(=O)[C@H](C(C)(C)C)CC(=O)O[C@@H]1C[C@H]1CCCCCc1nc3ccc(OC)cc3cc1O2)C(=O)NS(=O)(=O)C1CC1. The van der Waals surface area contributed by atoms with Crippen molar-refractivity contribution >= 4 is 44.5 Å². The zero-order chi connectivity index (χ0) is 38.6. The molecule has 13 heteroatoms. The molecule has 3 heterocycles. The molecule has 0 radical (unpaired) electrons. The van der Waals surface area contributed by atoms with Crippen LogP contribution in [0.1, 0.15) is 97.1 Å². The molecule has 0 spiro atoms. The number of nitrogens with zero attached hydrogens (tertiary/aromatic N) is 2. The normalized spacial score (nSPS) is 30.5. The predicted molar refractivity (Wildman–Crippen MR) is 201 cm³/mol. The van der Waals surface area contributed by atoms with Crippen LogP contribution in [0.3, 0.4) is 0 Å². The van der Waals surface area contributed by atoms with Crippen LogP contribution in [0.15, 0.2) is 36.9 Å². The summed E-state index contributed by atoms with van der Waals surface area (Å²) in [5, 5.41) is 0.231. The molecule has 7 atom stereocenters. The van der Waals surface area contributed by atoms with Crippen molar-refractivity contribution in [2.45, 2.75) is 121 Å². The number of rotatable bonds is 8. The summed E-state index contributed by atoms with van der Waals surface area (Å²) in [7, 11) is -2.24. The van der Waals surface area contributed by atoms with Gasteiger partial charge in [-0.25, -0.2) is 13.4 Å². The first-order chi connectivity index (χ1) is 25.6. The number of ether oxygens (including phenoxy) is 3. The number of methoxy groups -OCH3 is 1. The van der Waals surface area contributed by atoms with E-state index < -0.39 is 56.0 Å². The summed E-state index contributed by atoms with van der Waals surface area (Å²) < 4.78 is 45.9. The van der Waals surface area contributed by atoms with Gasteiger partial charge < -0.3 is 19.1 Å². The number of hydrogen-bond acceptors (Lipinski definition) is 10. The number of fused-ring (bicyclic) bond motifs is 5. The van der Waals surface area contributed by atoms with Crippen LogP contribution in [-0.2, 0) is 40.4 Å². The minimum absolute atomic E-state index is 0.0807. The number of aryl methyl sites for hydroxylation is 1. The van der Waals surface area contributed by atoms with Crippen molar-refractivity contribution < 1.29 is 41.8 Å². The van der Waals surface area contributed by atoms with E-state index in [9.17, 15) is 27.6 Å². The van der Waals surface area contributed by atoms with Crippen LogP contribution in [0, 0.1) is 28.6 Å². The molecular weight excluding hydrogens is 711 g/mol. The number of carbonyl (C=O) groups is 4. The third kappa shape index (κ3) is 8.02. The van der Waals surface area contributed by atoms with Gasteiger partial charge in [-0.1, -0.05) is 39.7 Å². The highest BCUT2D eigenvalue weighted by Crippen LogP contribution is 2.57. The third-order valence-electron chi connectivity index (χ3n) is 12.2. The predicted octanol–water partition coefficient (Wildman–Crippen LogP) is 5.45. The number of allylic oxidation sites excluding steroid dienone is 1. The Hall–Kier alpha value is -4.00. The summed E-state index contributed by atoms with van der Waals surface area (Å²) in [5.41, 5.74) is -0.320. The van der Waals surface area contributed by atoms with Gasteiger partial charge in [-0.05, 0) is 86.5 Å². The molecule has 54 heavy (non-hydrogen) atoms. The molecule has 2 aliphatic heterocycles. The van der Waals surface area contributed by atoms with Gasteiger partial charge in [0.2, 0.25) is 21.8 Å². The van der Waals surface area contributed by atoms with Gasteiger partial charge in [0.25, 0.3) is 0 Å². The molecule has 292 valence electrons. The summed E-state index contributed by atoms with van der Waals surface area (Å²) >= 11 is 0. The number of hydrogen-bond donors (Lipinski definition) is 1. The summed E-state index contributed by atoms with van der Waals surface area (Å²) in [6.45, 7) is 9.62. The maximum Gasteiger partial charge on any atom is 0.306 e. The van der Waals surface area contributed by atoms with E-state index in [0.717, 1.165) is 48.7 Å². The van der Waals surface area contributed by atoms with Gasteiger partial charge >= 0.3 is 5.97 Å². The van der Waals surface area contributed by atoms with Gasteiger partial charge in [0, 0.05) is 18.2 Å². The van der Waals surface area contributed by atoms with Crippen molar-refractivity contribution in [1.29, 1.82) is 0 Å². The fourth-order valence-electron chi connectivity index (χ4n) is 8.39. The quantitative estimate of drug-likeness (QED) is 0.271. The molecule has 3 saturated carbocycles. The Balaban J connectivity index is 1.22. The molecule has 1 N–H and O–H groups in total. The number of nitrogens with one attached hydrogen (secondary N) is 1. The zero-order valence-electron chi connectivity index (χ0n) is 31.8. The van der Waals surface area contributed by atoms with Crippen molar-refractivity contribution in [3.63, 3.8) is 0 Å². The van der Waals surface area contributed by atoms with Gasteiger partial charge in [-0.15, -0.1) is 6.58 Å². The molecule has 0 unspecified atom stereocenters. The Labute approximate surface area is 317 Å². The Kier molecular flexibility index (Phi) is 10.3. The lowest BCUT2D eigenvalue weighted by atomic mass is 9.77. The van der Waals surface area contributed by atoms with E-state index in [2.05, 4.69) is 11.3 Å². The highest BCUT2D eigenvalue weighted by Gasteiger charge is 2.61. The van der Waals surface area contributed by atoms with E-state index in [1.807, 2.05) is 45.0 Å². The van der Waals surface area contributed by atoms with E-state index in [1.165, 1.54) is 4.90 Å². The Morgan fingerprint density at radius 3 is 2.56 bits per heavy atom. The van der Waals surface area contributed by atoms with E-state index in [0.29, 0.717) is 36.7 Å². The number of benzene rings is 1. The van der Waals surface area contributed by atoms with Crippen LogP contribution >= 0.6 is 0 Å². The molecule has 7 rings (SSSR count). The first-order valence-corrected chi connectivity index (χ1v) is 21.0. The molecule has 4 fully saturated rings. The maximum atomic E-state index is 14.7. The van der Waals surface area contributed by atoms with Crippen molar-refractivity contribution in [2.75, 3.05) is 13.7 Å². The van der Waals surface area contributed by atoms with Crippen molar-refractivity contribution in [2.24, 2.45) is 28.6 Å². The second-order valence-electron chi connectivity index (χ2n) is 17.2. The molecule has 5 aliphatic rings. The molecule has 1 aromatic heterocycles. The van der Waals surface area contributed by atoms with Crippen molar-refractivity contribution in [3.8, 4) is 11.5 Å². The highest BCUT2D eigenvalue weighted by atomic mass is 32.2. The van der Waals surface area contributed by atoms with Gasteiger partial charge in [0.1, 0.15) is 23.7 Å². The third-order valence-corrected chi connectivity index (χ3v) is 14.0. The van der Waals surface area contributed by atoms with Gasteiger partial charge in [0.15, 0.2) is 5.78 Å². The second-order valence-corrected chi connectivity index (χ2v) is 19.2. The molecule has 1 aromatic carbocycles. The lowest BCUT2D eigenvalue weighted by Crippen LogP contribution is -2.48. The van der Waals surface area contributed by atoms with Gasteiger partial charge in [-0.2, -0.15) is 0 Å². The van der Waals surface area contributed by atoms with E-state index >= 15 is 0 Å². The monoisotopic (exact) mass is 763 g/mol. The van der Waals surface area contributed by atoms with E-state index in [4.69, 9.17) is 19.2 Å². The number of esters is 1. The highest BCUT2D eigenvalue weighted by molar-refractivity contribution is 7.90. The summed E-state index contributed by atoms with van der Waals surface area (Å²) in [5.74, 6) is -1.44. The van der Waals surface area contributed by atoms with Gasteiger partial charge in [-0.3, -0.25) is 23.9 Å². The minimum atomic E-state index is -3.84. The number of carbonyl (C=O) groups excluding carboxylic acids is 4. The molecular formula is C41H53N3O9S. The molecule has 1 saturated heterocycles. The Bertz CT molecular complexity index is 1950. The van der Waals surface area contributed by atoms with Crippen LogP contribution < -0.4 is 14.2 Å². The van der Waals surface area contributed by atoms with Crippen LogP contribution in [0.5, 0.6) is 11.5 Å². The second kappa shape index (κ2) is 14.6. The standard InChI is InChI=1S/C41H53N3O9S/c1-6-26-21-41(26,39(48)43-54(49,50)29-13-14-29)22-34(45)33-19-28-23-44(33)38(47)30(40(2,3)4)20-37(46)53-35-17-24(35)10-8-7-9-11-32-36(52-28)18-25-16-27(51-5)12-15-31(25)42-32/h6,12,15-16,18,24,26,28-30,33,35H,1,7-11,13-14,17,19-23H2,2-5H3,(H,43,48)/t24-,26-,28-,30-,33+,35-,41-/m1/s1. The number of amides is 2. The number of pyridine rings is 1. The Morgan fingerprint density at radius 2 is 1.87 bits per heavy atom. The van der Waals surface area contributed by atoms with E-state index in [-0.39, 0.29) is 55.9 Å². The van der Waals surface area contributed by atoms with Crippen LogP contribution in [0.25, 0.3) is 10.9 Å². The van der Waals surface area contributed by atoms with Gasteiger partial charge in [0.05, 0.1) is 53.9 Å². The fourth-order valence-corrected chi connectivity index (χ4v) is 9.78. The van der Waals surface area contributed by atoms with Crippen LogP contribution in [-0.4, -0.2) is 79.0 Å². The zero-order valence-corrected chi connectivity index (χ0v) is 32.6. The molecule has 2 amide bonds. The van der Waals surface area contributed by atoms with Crippen molar-refractivity contribution in [1.82, 2.24) is 14.6 Å². The number of ketones is 1. The number of Topliss-reactive ketones (excluding diaryl/α,β-unsaturated/α-hetero) is 1. The first kappa shape index (κ1) is 38.3. The van der Waals surface area contributed by atoms with Crippen LogP contribution in [0.4, 0.5) is 0 Å². The fraction of sp³-hybridized carbons (Fsp3) is 0.634. The average molecular weight is 764 g/mol. The van der Waals surface area contributed by atoms with Crippen molar-refractivity contribution in [3.05, 3.63) is 42.6 Å².